The van der Waals surface area contributed by atoms with Crippen LogP contribution in [0.15, 0.2) is 0 Å². The number of halogens is 1. The van der Waals surface area contributed by atoms with Gasteiger partial charge < -0.3 is 5.32 Å². The van der Waals surface area contributed by atoms with Gasteiger partial charge in [-0.3, -0.25) is 9.59 Å². The summed E-state index contributed by atoms with van der Waals surface area (Å²) in [7, 11) is 0. The third-order valence-electron chi connectivity index (χ3n) is 1.04. The van der Waals surface area contributed by atoms with Crippen molar-refractivity contribution in [1.29, 1.82) is 0 Å². The number of nitrogens with one attached hydrogen (secondary N) is 1. The number of hydrogen-bond donors (Lipinski definition) is 1. The topological polar surface area (TPSA) is 46.2 Å². The van der Waals surface area contributed by atoms with Crippen LogP contribution in [0.2, 0.25) is 0 Å². The first-order valence-electron chi connectivity index (χ1n) is 2.53. The molecule has 0 spiro atoms. The lowest BCUT2D eigenvalue weighted by Gasteiger charge is -2.07. The molecule has 1 aliphatic heterocycles. The van der Waals surface area contributed by atoms with E-state index in [0.717, 1.165) is 0 Å². The Morgan fingerprint density at radius 1 is 1.11 bits per heavy atom. The van der Waals surface area contributed by atoms with E-state index in [9.17, 15) is 9.59 Å². The average Bonchev–Trinajstić information content (AvgIpc) is 1.64. The summed E-state index contributed by atoms with van der Waals surface area (Å²) in [5.41, 5.74) is 0. The molecule has 0 atom stereocenters. The summed E-state index contributed by atoms with van der Waals surface area (Å²) >= 11 is 0. The molecule has 4 heteroatoms. The lowest BCUT2D eigenvalue weighted by Crippen LogP contribution is -2.36. The normalized spacial score (nSPS) is 19.1. The molecule has 1 aliphatic rings. The molecule has 0 aromatic carbocycles. The molecule has 0 saturated carbocycles. The molecule has 1 fully saturated rings. The lowest BCUT2D eigenvalue weighted by atomic mass is 10.1. The number of hydrogen-bond acceptors (Lipinski definition) is 3. The molecule has 1 N–H and O–H groups in total. The summed E-state index contributed by atoms with van der Waals surface area (Å²) in [6.45, 7) is 0.734. The van der Waals surface area contributed by atoms with E-state index in [4.69, 9.17) is 0 Å². The largest absolute Gasteiger partial charge is 0.303 e. The highest BCUT2D eigenvalue weighted by molar-refractivity contribution is 6.02. The SMILES string of the molecule is Cl.O=C1CNCC(=O)C1. The predicted octanol–water partition coefficient (Wildman–Crippen LogP) is -0.460. The molecule has 0 aromatic heterocycles. The monoisotopic (exact) mass is 149 g/mol. The molecule has 1 rings (SSSR count). The summed E-state index contributed by atoms with van der Waals surface area (Å²) in [5.74, 6) is 0.00231. The van der Waals surface area contributed by atoms with E-state index < -0.39 is 0 Å². The van der Waals surface area contributed by atoms with E-state index in [1.54, 1.807) is 0 Å². The van der Waals surface area contributed by atoms with Crippen LogP contribution in [0.5, 0.6) is 0 Å². The van der Waals surface area contributed by atoms with Crippen molar-refractivity contribution >= 4 is 24.0 Å². The minimum absolute atomic E-state index is 0. The van der Waals surface area contributed by atoms with Crippen molar-refractivity contribution in [3.05, 3.63) is 0 Å². The third kappa shape index (κ3) is 2.58. The molecule has 1 saturated heterocycles. The van der Waals surface area contributed by atoms with Crippen molar-refractivity contribution in [2.75, 3.05) is 13.1 Å². The second kappa shape index (κ2) is 3.58. The summed E-state index contributed by atoms with van der Waals surface area (Å²) in [6.07, 6.45) is 0.132. The maximum atomic E-state index is 10.4. The van der Waals surface area contributed by atoms with Crippen LogP contribution in [0.25, 0.3) is 0 Å². The first-order valence-corrected chi connectivity index (χ1v) is 2.53. The molecule has 0 aromatic rings. The Kier molecular flexibility index (Phi) is 3.42. The predicted molar refractivity (Wildman–Crippen MR) is 34.7 cm³/mol. The number of carbonyl (C=O) groups is 2. The summed E-state index contributed by atoms with van der Waals surface area (Å²) in [5, 5.41) is 2.69. The van der Waals surface area contributed by atoms with E-state index in [2.05, 4.69) is 5.32 Å². The Hall–Kier alpha value is -0.410. The van der Waals surface area contributed by atoms with E-state index >= 15 is 0 Å². The first-order chi connectivity index (χ1) is 3.79. The number of Topliss-reactive ketones (excluding diaryl/α,β-unsaturated/α-hetero) is 2. The van der Waals surface area contributed by atoms with Crippen molar-refractivity contribution in [3.8, 4) is 0 Å². The molecule has 0 unspecified atom stereocenters. The third-order valence-corrected chi connectivity index (χ3v) is 1.04. The van der Waals surface area contributed by atoms with Gasteiger partial charge in [-0.1, -0.05) is 0 Å². The van der Waals surface area contributed by atoms with Crippen LogP contribution in [-0.2, 0) is 9.59 Å². The van der Waals surface area contributed by atoms with Gasteiger partial charge in [-0.2, -0.15) is 0 Å². The Morgan fingerprint density at radius 2 is 1.56 bits per heavy atom. The van der Waals surface area contributed by atoms with Gasteiger partial charge in [0.15, 0.2) is 11.6 Å². The molecular weight excluding hydrogens is 142 g/mol. The molecule has 9 heavy (non-hydrogen) atoms. The van der Waals surface area contributed by atoms with Crippen LogP contribution in [0.4, 0.5) is 0 Å². The standard InChI is InChI=1S/C5H7NO2.ClH/c7-4-1-5(8)3-6-2-4;/h6H,1-3H2;1H. The molecular formula is C5H8ClNO2. The van der Waals surface area contributed by atoms with E-state index in [1.165, 1.54) is 0 Å². The van der Waals surface area contributed by atoms with Crippen molar-refractivity contribution in [3.63, 3.8) is 0 Å². The summed E-state index contributed by atoms with van der Waals surface area (Å²) in [6, 6.07) is 0. The molecule has 0 aliphatic carbocycles. The molecule has 0 bridgehead atoms. The second-order valence-corrected chi connectivity index (χ2v) is 1.86. The Balaban J connectivity index is 0.000000640. The van der Waals surface area contributed by atoms with Gasteiger partial charge in [0.1, 0.15) is 0 Å². The summed E-state index contributed by atoms with van der Waals surface area (Å²) in [4.78, 5) is 20.8. The fraction of sp³-hybridized carbons (Fsp3) is 0.600. The Morgan fingerprint density at radius 3 is 1.78 bits per heavy atom. The van der Waals surface area contributed by atoms with Gasteiger partial charge in [0.2, 0.25) is 0 Å². The minimum atomic E-state index is 0. The van der Waals surface area contributed by atoms with Gasteiger partial charge in [-0.15, -0.1) is 12.4 Å². The number of rotatable bonds is 0. The molecule has 0 amide bonds. The maximum Gasteiger partial charge on any atom is 0.154 e. The van der Waals surface area contributed by atoms with Gasteiger partial charge in [0.05, 0.1) is 19.5 Å². The van der Waals surface area contributed by atoms with Crippen molar-refractivity contribution in [2.24, 2.45) is 0 Å². The van der Waals surface area contributed by atoms with E-state index in [1.807, 2.05) is 0 Å². The average molecular weight is 150 g/mol. The zero-order valence-electron chi connectivity index (χ0n) is 4.85. The van der Waals surface area contributed by atoms with Gasteiger partial charge in [-0.05, 0) is 0 Å². The van der Waals surface area contributed by atoms with E-state index in [-0.39, 0.29) is 30.4 Å². The first kappa shape index (κ1) is 8.59. The molecule has 0 radical (unpaired) electrons. The van der Waals surface area contributed by atoms with Crippen LogP contribution in [0.3, 0.4) is 0 Å². The fourth-order valence-electron chi connectivity index (χ4n) is 0.686. The Labute approximate surface area is 59.2 Å². The van der Waals surface area contributed by atoms with Crippen LogP contribution >= 0.6 is 12.4 Å². The van der Waals surface area contributed by atoms with Crippen LogP contribution in [0.1, 0.15) is 6.42 Å². The van der Waals surface area contributed by atoms with E-state index in [0.29, 0.717) is 13.1 Å². The highest BCUT2D eigenvalue weighted by atomic mass is 35.5. The van der Waals surface area contributed by atoms with Gasteiger partial charge >= 0.3 is 0 Å². The second-order valence-electron chi connectivity index (χ2n) is 1.86. The van der Waals surface area contributed by atoms with Gasteiger partial charge in [-0.25, -0.2) is 0 Å². The van der Waals surface area contributed by atoms with Crippen LogP contribution < -0.4 is 5.32 Å². The molecule has 3 nitrogen and oxygen atoms in total. The minimum Gasteiger partial charge on any atom is -0.303 e. The lowest BCUT2D eigenvalue weighted by molar-refractivity contribution is -0.128. The van der Waals surface area contributed by atoms with Crippen molar-refractivity contribution in [2.45, 2.75) is 6.42 Å². The van der Waals surface area contributed by atoms with Crippen molar-refractivity contribution < 1.29 is 9.59 Å². The smallest absolute Gasteiger partial charge is 0.154 e. The Bertz CT molecular complexity index is 121. The van der Waals surface area contributed by atoms with Gasteiger partial charge in [0.25, 0.3) is 0 Å². The van der Waals surface area contributed by atoms with Gasteiger partial charge in [0, 0.05) is 0 Å². The fourth-order valence-corrected chi connectivity index (χ4v) is 0.686. The van der Waals surface area contributed by atoms with Crippen LogP contribution in [-0.4, -0.2) is 24.7 Å². The summed E-state index contributed by atoms with van der Waals surface area (Å²) < 4.78 is 0. The quantitative estimate of drug-likeness (QED) is 0.474. The molecule has 1 heterocycles. The van der Waals surface area contributed by atoms with Crippen molar-refractivity contribution in [1.82, 2.24) is 5.32 Å². The number of ketones is 2. The zero-order valence-corrected chi connectivity index (χ0v) is 5.66. The maximum absolute atomic E-state index is 10.4. The van der Waals surface area contributed by atoms with Crippen LogP contribution in [0, 0.1) is 0 Å². The number of carbonyl (C=O) groups excluding carboxylic acids is 2. The zero-order chi connectivity index (χ0) is 5.98. The highest BCUT2D eigenvalue weighted by Crippen LogP contribution is 1.88. The number of piperidine rings is 1. The highest BCUT2D eigenvalue weighted by Gasteiger charge is 2.13. The molecule has 52 valence electrons.